The van der Waals surface area contributed by atoms with E-state index in [-0.39, 0.29) is 24.9 Å². The second kappa shape index (κ2) is 7.16. The van der Waals surface area contributed by atoms with Gasteiger partial charge >= 0.3 is 12.0 Å². The number of carbonyl (C=O) groups is 2. The van der Waals surface area contributed by atoms with Gasteiger partial charge in [-0.2, -0.15) is 0 Å². The molecule has 1 saturated heterocycles. The molecule has 1 fully saturated rings. The first kappa shape index (κ1) is 15.4. The Balaban J connectivity index is 1.68. The summed E-state index contributed by atoms with van der Waals surface area (Å²) in [5.74, 6) is -0.0714. The first-order chi connectivity index (χ1) is 10.0. The number of carboxylic acid groups (broad SMARTS) is 1. The highest BCUT2D eigenvalue weighted by atomic mass is 16.4. The maximum atomic E-state index is 11.8. The third kappa shape index (κ3) is 5.14. The summed E-state index contributed by atoms with van der Waals surface area (Å²) in [5, 5.41) is 18.6. The van der Waals surface area contributed by atoms with Crippen molar-refractivity contribution in [1.82, 2.24) is 15.1 Å². The molecule has 1 aromatic rings. The number of aryl methyl sites for hydroxylation is 1. The Kier molecular flexibility index (Phi) is 5.26. The van der Waals surface area contributed by atoms with Crippen molar-refractivity contribution in [1.29, 1.82) is 0 Å². The molecule has 21 heavy (non-hydrogen) atoms. The lowest BCUT2D eigenvalue weighted by molar-refractivity contribution is -0.137. The largest absolute Gasteiger partial charge is 0.481 e. The van der Waals surface area contributed by atoms with E-state index in [4.69, 9.17) is 9.52 Å². The molecule has 1 amide bonds. The molecule has 0 saturated carbocycles. The van der Waals surface area contributed by atoms with Crippen LogP contribution in [0.5, 0.6) is 0 Å². The minimum atomic E-state index is -0.744. The van der Waals surface area contributed by atoms with Gasteiger partial charge in [0.05, 0.1) is 6.54 Å². The topological polar surface area (TPSA) is 109 Å². The molecule has 0 atom stereocenters. The number of piperidine rings is 1. The van der Waals surface area contributed by atoms with Crippen molar-refractivity contribution < 1.29 is 19.1 Å². The average Bonchev–Trinajstić information content (AvgIpc) is 2.83. The first-order valence-corrected chi connectivity index (χ1v) is 7.07. The minimum absolute atomic E-state index is 0.119. The number of likely N-dealkylation sites (tertiary alicyclic amines) is 1. The quantitative estimate of drug-likeness (QED) is 0.802. The van der Waals surface area contributed by atoms with Crippen molar-refractivity contribution >= 4 is 17.9 Å². The third-order valence-corrected chi connectivity index (χ3v) is 3.61. The molecule has 2 heterocycles. The van der Waals surface area contributed by atoms with E-state index in [0.29, 0.717) is 11.8 Å². The minimum Gasteiger partial charge on any atom is -0.481 e. The van der Waals surface area contributed by atoms with Crippen molar-refractivity contribution in [2.45, 2.75) is 32.6 Å². The number of anilines is 1. The van der Waals surface area contributed by atoms with E-state index in [1.54, 1.807) is 6.92 Å². The molecule has 116 valence electrons. The monoisotopic (exact) mass is 296 g/mol. The van der Waals surface area contributed by atoms with Crippen molar-refractivity contribution in [3.63, 3.8) is 0 Å². The fraction of sp³-hybridized carbons (Fsp3) is 0.692. The van der Waals surface area contributed by atoms with Crippen LogP contribution < -0.4 is 5.32 Å². The molecule has 8 nitrogen and oxygen atoms in total. The lowest BCUT2D eigenvalue weighted by atomic mass is 9.92. The van der Waals surface area contributed by atoms with Crippen LogP contribution in [0.15, 0.2) is 4.42 Å². The van der Waals surface area contributed by atoms with E-state index in [2.05, 4.69) is 20.4 Å². The highest BCUT2D eigenvalue weighted by Gasteiger charge is 2.21. The first-order valence-electron chi connectivity index (χ1n) is 7.07. The number of rotatable bonds is 6. The van der Waals surface area contributed by atoms with Gasteiger partial charge in [-0.3, -0.25) is 19.8 Å². The Morgan fingerprint density at radius 3 is 2.67 bits per heavy atom. The van der Waals surface area contributed by atoms with Crippen LogP contribution in [0.25, 0.3) is 0 Å². The maximum Gasteiger partial charge on any atom is 0.322 e. The highest BCUT2D eigenvalue weighted by Crippen LogP contribution is 2.21. The van der Waals surface area contributed by atoms with E-state index < -0.39 is 5.97 Å². The number of hydrogen-bond acceptors (Lipinski definition) is 6. The van der Waals surface area contributed by atoms with Crippen LogP contribution in [-0.4, -0.2) is 51.7 Å². The molecule has 1 aliphatic heterocycles. The average molecular weight is 296 g/mol. The Hall–Kier alpha value is -1.96. The molecule has 0 spiro atoms. The number of amides is 1. The fourth-order valence-electron chi connectivity index (χ4n) is 2.47. The van der Waals surface area contributed by atoms with Gasteiger partial charge in [0.1, 0.15) is 0 Å². The van der Waals surface area contributed by atoms with Gasteiger partial charge in [-0.15, -0.1) is 5.10 Å². The van der Waals surface area contributed by atoms with Gasteiger partial charge in [0.2, 0.25) is 11.8 Å². The number of aromatic nitrogens is 2. The summed E-state index contributed by atoms with van der Waals surface area (Å²) in [4.78, 5) is 24.4. The zero-order valence-corrected chi connectivity index (χ0v) is 12.0. The summed E-state index contributed by atoms with van der Waals surface area (Å²) in [6, 6.07) is 0.119. The Labute approximate surface area is 122 Å². The number of nitrogens with zero attached hydrogens (tertiary/aromatic N) is 3. The second-order valence-electron chi connectivity index (χ2n) is 5.33. The van der Waals surface area contributed by atoms with Gasteiger partial charge in [-0.25, -0.2) is 0 Å². The van der Waals surface area contributed by atoms with Crippen LogP contribution in [0.1, 0.15) is 31.6 Å². The number of hydrogen-bond donors (Lipinski definition) is 2. The zero-order valence-electron chi connectivity index (χ0n) is 12.0. The standard InChI is InChI=1S/C13H20N4O4/c1-9-15-16-13(21-9)14-11(18)8-17-6-4-10(5-7-17)2-3-12(19)20/h10H,2-8H2,1H3,(H,19,20)(H,14,16,18). The molecule has 1 aromatic heterocycles. The number of aliphatic carboxylic acids is 1. The molecule has 2 N–H and O–H groups in total. The van der Waals surface area contributed by atoms with E-state index in [1.165, 1.54) is 0 Å². The molecular formula is C13H20N4O4. The van der Waals surface area contributed by atoms with Crippen LogP contribution in [0, 0.1) is 12.8 Å². The molecular weight excluding hydrogens is 276 g/mol. The van der Waals surface area contributed by atoms with Gasteiger partial charge in [0, 0.05) is 13.3 Å². The Bertz CT molecular complexity index is 494. The van der Waals surface area contributed by atoms with Crippen molar-refractivity contribution in [3.8, 4) is 0 Å². The summed E-state index contributed by atoms with van der Waals surface area (Å²) >= 11 is 0. The van der Waals surface area contributed by atoms with E-state index in [0.717, 1.165) is 32.4 Å². The van der Waals surface area contributed by atoms with E-state index >= 15 is 0 Å². The van der Waals surface area contributed by atoms with Crippen molar-refractivity contribution in [3.05, 3.63) is 5.89 Å². The lowest BCUT2D eigenvalue weighted by Gasteiger charge is -2.31. The molecule has 0 aliphatic carbocycles. The third-order valence-electron chi connectivity index (χ3n) is 3.61. The number of carboxylic acids is 1. The molecule has 1 aliphatic rings. The molecule has 0 aromatic carbocycles. The van der Waals surface area contributed by atoms with Crippen molar-refractivity contribution in [2.24, 2.45) is 5.92 Å². The number of nitrogens with one attached hydrogen (secondary N) is 1. The second-order valence-corrected chi connectivity index (χ2v) is 5.33. The van der Waals surface area contributed by atoms with Crippen LogP contribution in [0.4, 0.5) is 6.01 Å². The summed E-state index contributed by atoms with van der Waals surface area (Å²) in [6.45, 7) is 3.55. The van der Waals surface area contributed by atoms with Gasteiger partial charge in [0.25, 0.3) is 0 Å². The van der Waals surface area contributed by atoms with Crippen LogP contribution in [0.2, 0.25) is 0 Å². The molecule has 0 bridgehead atoms. The van der Waals surface area contributed by atoms with Gasteiger partial charge in [-0.05, 0) is 38.3 Å². The summed E-state index contributed by atoms with van der Waals surface area (Å²) in [7, 11) is 0. The zero-order chi connectivity index (χ0) is 15.2. The predicted molar refractivity (Wildman–Crippen MR) is 73.7 cm³/mol. The van der Waals surface area contributed by atoms with E-state index in [1.807, 2.05) is 0 Å². The Morgan fingerprint density at radius 1 is 1.38 bits per heavy atom. The summed E-state index contributed by atoms with van der Waals surface area (Å²) in [6.07, 6.45) is 2.80. The van der Waals surface area contributed by atoms with E-state index in [9.17, 15) is 9.59 Å². The molecule has 2 rings (SSSR count). The van der Waals surface area contributed by atoms with Crippen LogP contribution >= 0.6 is 0 Å². The van der Waals surface area contributed by atoms with Crippen LogP contribution in [-0.2, 0) is 9.59 Å². The SMILES string of the molecule is Cc1nnc(NC(=O)CN2CCC(CCC(=O)O)CC2)o1. The smallest absolute Gasteiger partial charge is 0.322 e. The predicted octanol–water partition coefficient (Wildman–Crippen LogP) is 0.893. The van der Waals surface area contributed by atoms with Crippen LogP contribution in [0.3, 0.4) is 0 Å². The van der Waals surface area contributed by atoms with Crippen molar-refractivity contribution in [2.75, 3.05) is 25.0 Å². The summed E-state index contributed by atoms with van der Waals surface area (Å²) in [5.41, 5.74) is 0. The maximum absolute atomic E-state index is 11.8. The lowest BCUT2D eigenvalue weighted by Crippen LogP contribution is -2.39. The normalized spacial score (nSPS) is 16.8. The summed E-state index contributed by atoms with van der Waals surface area (Å²) < 4.78 is 5.09. The molecule has 8 heteroatoms. The number of carbonyl (C=O) groups excluding carboxylic acids is 1. The molecule has 0 radical (unpaired) electrons. The Morgan fingerprint density at radius 2 is 2.10 bits per heavy atom. The van der Waals surface area contributed by atoms with Gasteiger partial charge < -0.3 is 9.52 Å². The highest BCUT2D eigenvalue weighted by molar-refractivity contribution is 5.90. The van der Waals surface area contributed by atoms with Gasteiger partial charge in [0.15, 0.2) is 0 Å². The van der Waals surface area contributed by atoms with Gasteiger partial charge in [-0.1, -0.05) is 5.10 Å². The fourth-order valence-corrected chi connectivity index (χ4v) is 2.47. The molecule has 0 unspecified atom stereocenters.